The van der Waals surface area contributed by atoms with Gasteiger partial charge in [0.1, 0.15) is 5.75 Å². The van der Waals surface area contributed by atoms with Crippen LogP contribution in [0.15, 0.2) is 53.0 Å². The van der Waals surface area contributed by atoms with Crippen LogP contribution in [0, 0.1) is 5.92 Å². The minimum atomic E-state index is -1.00. The Kier molecular flexibility index (Phi) is 14.6. The number of carbonyl (C=O) groups is 4. The van der Waals surface area contributed by atoms with Gasteiger partial charge in [0.05, 0.1) is 24.2 Å². The van der Waals surface area contributed by atoms with Gasteiger partial charge < -0.3 is 26.0 Å². The van der Waals surface area contributed by atoms with E-state index in [1.807, 2.05) is 30.3 Å². The number of halogens is 1. The zero-order valence-electron chi connectivity index (χ0n) is 22.0. The largest absolute Gasteiger partial charge is 0.495 e. The van der Waals surface area contributed by atoms with E-state index in [0.29, 0.717) is 17.9 Å². The van der Waals surface area contributed by atoms with Crippen LogP contribution in [0.2, 0.25) is 0 Å². The van der Waals surface area contributed by atoms with Crippen molar-refractivity contribution in [1.29, 1.82) is 0 Å². The number of ether oxygens (including phenoxy) is 1. The topological polar surface area (TPSA) is 126 Å². The van der Waals surface area contributed by atoms with Crippen LogP contribution in [-0.4, -0.2) is 43.3 Å². The first-order valence-electron chi connectivity index (χ1n) is 12.1. The summed E-state index contributed by atoms with van der Waals surface area (Å²) in [7, 11) is 1.51. The maximum Gasteiger partial charge on any atom is 0.315 e. The maximum absolute atomic E-state index is 12.5. The van der Waals surface area contributed by atoms with E-state index in [-0.39, 0.29) is 19.5 Å². The van der Waals surface area contributed by atoms with E-state index in [9.17, 15) is 19.2 Å². The summed E-state index contributed by atoms with van der Waals surface area (Å²) in [6.07, 6.45) is 0.221. The van der Waals surface area contributed by atoms with E-state index in [1.165, 1.54) is 7.11 Å². The molecule has 4 N–H and O–H groups in total. The molecule has 0 aliphatic heterocycles. The third kappa shape index (κ3) is 12.4. The van der Waals surface area contributed by atoms with Crippen molar-refractivity contribution in [2.45, 2.75) is 53.2 Å². The van der Waals surface area contributed by atoms with Crippen LogP contribution >= 0.6 is 15.9 Å². The average molecular weight is 578 g/mol. The van der Waals surface area contributed by atoms with Gasteiger partial charge in [0.15, 0.2) is 0 Å². The Morgan fingerprint density at radius 2 is 1.54 bits per heavy atom. The highest BCUT2D eigenvalue weighted by Crippen LogP contribution is 2.28. The van der Waals surface area contributed by atoms with Gasteiger partial charge in [-0.15, -0.1) is 0 Å². The monoisotopic (exact) mass is 576 g/mol. The van der Waals surface area contributed by atoms with Crippen molar-refractivity contribution in [3.63, 3.8) is 0 Å². The SMILES string of the molecule is CC(C)C.CCC(NC(=O)CNC(=O)NCc1ccccc1)C(=O)C(=O)NCc1cccc(Br)c1OC. The van der Waals surface area contributed by atoms with Crippen LogP contribution in [0.25, 0.3) is 0 Å². The molecule has 1 unspecified atom stereocenters. The molecule has 2 aromatic carbocycles. The molecule has 0 aliphatic rings. The minimum absolute atomic E-state index is 0.0840. The molecule has 202 valence electrons. The number of urea groups is 1. The van der Waals surface area contributed by atoms with Crippen LogP contribution in [-0.2, 0) is 27.5 Å². The summed E-state index contributed by atoms with van der Waals surface area (Å²) in [5, 5.41) is 10.1. The minimum Gasteiger partial charge on any atom is -0.495 e. The molecule has 0 aliphatic carbocycles. The maximum atomic E-state index is 12.5. The number of amides is 4. The molecule has 9 nitrogen and oxygen atoms in total. The predicted octanol–water partition coefficient (Wildman–Crippen LogP) is 3.70. The number of para-hydroxylation sites is 1. The number of methoxy groups -OCH3 is 1. The molecule has 0 heterocycles. The first-order valence-corrected chi connectivity index (χ1v) is 12.9. The molecular weight excluding hydrogens is 540 g/mol. The molecule has 0 saturated heterocycles. The quantitative estimate of drug-likeness (QED) is 0.303. The van der Waals surface area contributed by atoms with Crippen LogP contribution in [0.1, 0.15) is 45.2 Å². The van der Waals surface area contributed by atoms with E-state index in [4.69, 9.17) is 4.74 Å². The highest BCUT2D eigenvalue weighted by molar-refractivity contribution is 9.10. The zero-order valence-corrected chi connectivity index (χ0v) is 23.6. The smallest absolute Gasteiger partial charge is 0.315 e. The Balaban J connectivity index is 0.00000159. The van der Waals surface area contributed by atoms with Crippen molar-refractivity contribution in [2.24, 2.45) is 5.92 Å². The molecule has 10 heteroatoms. The van der Waals surface area contributed by atoms with Gasteiger partial charge in [-0.05, 0) is 39.9 Å². The highest BCUT2D eigenvalue weighted by atomic mass is 79.9. The lowest BCUT2D eigenvalue weighted by Crippen LogP contribution is -2.50. The van der Waals surface area contributed by atoms with Crippen molar-refractivity contribution < 1.29 is 23.9 Å². The van der Waals surface area contributed by atoms with Gasteiger partial charge >= 0.3 is 6.03 Å². The second-order valence-electron chi connectivity index (χ2n) is 8.76. The zero-order chi connectivity index (χ0) is 27.8. The van der Waals surface area contributed by atoms with E-state index < -0.39 is 29.7 Å². The number of nitrogens with one attached hydrogen (secondary N) is 4. The number of benzene rings is 2. The summed E-state index contributed by atoms with van der Waals surface area (Å²) in [6.45, 7) is 8.24. The Morgan fingerprint density at radius 1 is 0.892 bits per heavy atom. The Bertz CT molecular complexity index is 1030. The Labute approximate surface area is 227 Å². The summed E-state index contributed by atoms with van der Waals surface area (Å²) in [5.74, 6) is -0.778. The normalized spacial score (nSPS) is 10.9. The molecule has 0 saturated carbocycles. The standard InChI is InChI=1S/C23H27BrN4O5.C4H10/c1-3-18(20(30)22(31)25-13-16-10-7-11-17(24)21(16)33-2)28-19(29)14-27-23(32)26-12-15-8-5-4-6-9-15;1-4(2)3/h4-11,18H,3,12-14H2,1-2H3,(H,25,31)(H,28,29)(H2,26,27,32);4H,1-3H3. The predicted molar refractivity (Wildman–Crippen MR) is 147 cm³/mol. The van der Waals surface area contributed by atoms with Gasteiger partial charge in [0.2, 0.25) is 11.7 Å². The van der Waals surface area contributed by atoms with Gasteiger partial charge in [-0.2, -0.15) is 0 Å². The molecule has 0 bridgehead atoms. The molecular formula is C27H37BrN4O5. The lowest BCUT2D eigenvalue weighted by atomic mass is 10.1. The number of rotatable bonds is 11. The van der Waals surface area contributed by atoms with Crippen molar-refractivity contribution in [2.75, 3.05) is 13.7 Å². The Morgan fingerprint density at radius 3 is 2.14 bits per heavy atom. The van der Waals surface area contributed by atoms with E-state index >= 15 is 0 Å². The molecule has 0 aromatic heterocycles. The molecule has 0 spiro atoms. The lowest BCUT2D eigenvalue weighted by Gasteiger charge is -2.16. The van der Waals surface area contributed by atoms with Crippen molar-refractivity contribution in [3.8, 4) is 5.75 Å². The average Bonchev–Trinajstić information content (AvgIpc) is 2.87. The first-order chi connectivity index (χ1) is 17.6. The fourth-order valence-electron chi connectivity index (χ4n) is 2.94. The number of hydrogen-bond acceptors (Lipinski definition) is 5. The van der Waals surface area contributed by atoms with Gasteiger partial charge in [-0.3, -0.25) is 14.4 Å². The van der Waals surface area contributed by atoms with Gasteiger partial charge in [0.25, 0.3) is 5.91 Å². The third-order valence-electron chi connectivity index (χ3n) is 4.68. The molecule has 37 heavy (non-hydrogen) atoms. The van der Waals surface area contributed by atoms with Gasteiger partial charge in [-0.1, -0.05) is 70.2 Å². The van der Waals surface area contributed by atoms with Gasteiger partial charge in [0, 0.05) is 18.7 Å². The van der Waals surface area contributed by atoms with Crippen LogP contribution in [0.5, 0.6) is 5.75 Å². The van der Waals surface area contributed by atoms with Crippen molar-refractivity contribution >= 4 is 39.6 Å². The number of hydrogen-bond donors (Lipinski definition) is 4. The molecule has 0 radical (unpaired) electrons. The van der Waals surface area contributed by atoms with Crippen molar-refractivity contribution in [1.82, 2.24) is 21.3 Å². The fraction of sp³-hybridized carbons (Fsp3) is 0.407. The number of Topliss-reactive ketones (excluding diaryl/α,β-unsaturated/α-hetero) is 1. The summed E-state index contributed by atoms with van der Waals surface area (Å²) < 4.78 is 6.02. The molecule has 1 atom stereocenters. The number of ketones is 1. The van der Waals surface area contributed by atoms with Crippen LogP contribution in [0.4, 0.5) is 4.79 Å². The summed E-state index contributed by atoms with van der Waals surface area (Å²) >= 11 is 3.36. The van der Waals surface area contributed by atoms with Crippen molar-refractivity contribution in [3.05, 3.63) is 64.1 Å². The van der Waals surface area contributed by atoms with E-state index in [1.54, 1.807) is 25.1 Å². The summed E-state index contributed by atoms with van der Waals surface area (Å²) in [6, 6.07) is 13.1. The third-order valence-corrected chi connectivity index (χ3v) is 5.31. The molecule has 2 rings (SSSR count). The lowest BCUT2D eigenvalue weighted by molar-refractivity contribution is -0.140. The van der Waals surface area contributed by atoms with Gasteiger partial charge in [-0.25, -0.2) is 4.79 Å². The number of carbonyl (C=O) groups excluding carboxylic acids is 4. The second kappa shape index (κ2) is 17.1. The fourth-order valence-corrected chi connectivity index (χ4v) is 3.51. The molecule has 0 fully saturated rings. The molecule has 4 amide bonds. The Hall–Kier alpha value is -3.40. The van der Waals surface area contributed by atoms with E-state index in [2.05, 4.69) is 58.0 Å². The van der Waals surface area contributed by atoms with Crippen LogP contribution in [0.3, 0.4) is 0 Å². The van der Waals surface area contributed by atoms with Crippen LogP contribution < -0.4 is 26.0 Å². The highest BCUT2D eigenvalue weighted by Gasteiger charge is 2.25. The molecule has 2 aromatic rings. The first kappa shape index (κ1) is 31.6. The summed E-state index contributed by atoms with van der Waals surface area (Å²) in [5.41, 5.74) is 1.61. The van der Waals surface area contributed by atoms with E-state index in [0.717, 1.165) is 16.0 Å². The summed E-state index contributed by atoms with van der Waals surface area (Å²) in [4.78, 5) is 48.8. The second-order valence-corrected chi connectivity index (χ2v) is 9.62.